The predicted molar refractivity (Wildman–Crippen MR) is 77.8 cm³/mol. The fourth-order valence-corrected chi connectivity index (χ4v) is 1.80. The summed E-state index contributed by atoms with van der Waals surface area (Å²) in [5.74, 6) is -0.773. The number of carbonyl (C=O) groups is 1. The number of hydrogen-bond acceptors (Lipinski definition) is 1. The highest BCUT2D eigenvalue weighted by molar-refractivity contribution is 5.86. The van der Waals surface area contributed by atoms with Crippen LogP contribution in [0.1, 0.15) is 71.6 Å². The van der Waals surface area contributed by atoms with Crippen LogP contribution in [0, 0.1) is 0 Å². The summed E-state index contributed by atoms with van der Waals surface area (Å²) in [6.07, 6.45) is 15.6. The fraction of sp³-hybridized carbons (Fsp3) is 0.688. The Morgan fingerprint density at radius 1 is 1.00 bits per heavy atom. The molecule has 0 unspecified atom stereocenters. The molecule has 0 aliphatic heterocycles. The first-order valence-electron chi connectivity index (χ1n) is 7.31. The highest BCUT2D eigenvalue weighted by atomic mass is 16.4. The Labute approximate surface area is 112 Å². The molecule has 1 N–H and O–H groups in total. The molecule has 0 aromatic carbocycles. The van der Waals surface area contributed by atoms with Crippen LogP contribution < -0.4 is 0 Å². The molecule has 0 saturated heterocycles. The minimum absolute atomic E-state index is 0.540. The van der Waals surface area contributed by atoms with Crippen LogP contribution in [0.3, 0.4) is 0 Å². The molecular weight excluding hydrogens is 224 g/mol. The Hall–Kier alpha value is -1.05. The average molecular weight is 252 g/mol. The molecule has 104 valence electrons. The summed E-state index contributed by atoms with van der Waals surface area (Å²) < 4.78 is 0. The van der Waals surface area contributed by atoms with Gasteiger partial charge in [-0.2, -0.15) is 0 Å². The second kappa shape index (κ2) is 12.4. The Balaban J connectivity index is 3.96. The number of unbranched alkanes of at least 4 members (excludes halogenated alkanes) is 6. The first kappa shape index (κ1) is 16.9. The van der Waals surface area contributed by atoms with E-state index in [1.54, 1.807) is 6.08 Å². The van der Waals surface area contributed by atoms with Crippen LogP contribution in [0.15, 0.2) is 23.8 Å². The molecule has 0 aliphatic rings. The lowest BCUT2D eigenvalue weighted by Gasteiger charge is -2.01. The average Bonchev–Trinajstić information content (AvgIpc) is 2.35. The molecule has 0 fully saturated rings. The predicted octanol–water partition coefficient (Wildman–Crippen LogP) is 5.10. The molecule has 0 bridgehead atoms. The molecule has 0 amide bonds. The van der Waals surface area contributed by atoms with Gasteiger partial charge in [-0.3, -0.25) is 0 Å². The third-order valence-corrected chi connectivity index (χ3v) is 2.98. The van der Waals surface area contributed by atoms with Crippen LogP contribution in [-0.2, 0) is 4.79 Å². The zero-order valence-electron chi connectivity index (χ0n) is 12.0. The lowest BCUT2D eigenvalue weighted by molar-refractivity contribution is -0.132. The number of aliphatic carboxylic acids is 1. The topological polar surface area (TPSA) is 37.3 Å². The van der Waals surface area contributed by atoms with E-state index in [9.17, 15) is 4.79 Å². The van der Waals surface area contributed by atoms with Crippen molar-refractivity contribution in [3.05, 3.63) is 23.8 Å². The lowest BCUT2D eigenvalue weighted by atomic mass is 10.1. The molecule has 18 heavy (non-hydrogen) atoms. The van der Waals surface area contributed by atoms with E-state index in [2.05, 4.69) is 19.9 Å². The molecule has 0 spiro atoms. The van der Waals surface area contributed by atoms with Gasteiger partial charge in [-0.25, -0.2) is 4.79 Å². The smallest absolute Gasteiger partial charge is 0.331 e. The van der Waals surface area contributed by atoms with Gasteiger partial charge in [0.1, 0.15) is 0 Å². The van der Waals surface area contributed by atoms with E-state index in [-0.39, 0.29) is 0 Å². The first-order valence-corrected chi connectivity index (χ1v) is 7.31. The second-order valence-corrected chi connectivity index (χ2v) is 4.73. The van der Waals surface area contributed by atoms with Gasteiger partial charge in [0, 0.05) is 5.57 Å². The molecule has 0 aromatic heterocycles. The Morgan fingerprint density at radius 2 is 1.67 bits per heavy atom. The van der Waals surface area contributed by atoms with Crippen molar-refractivity contribution in [3.8, 4) is 0 Å². The van der Waals surface area contributed by atoms with Gasteiger partial charge in [0.15, 0.2) is 0 Å². The fourth-order valence-electron chi connectivity index (χ4n) is 1.80. The SMILES string of the molecule is CCCCC/C=C\C=C(/CCCCCC)C(=O)O. The summed E-state index contributed by atoms with van der Waals surface area (Å²) in [6.45, 7) is 4.34. The van der Waals surface area contributed by atoms with Crippen LogP contribution >= 0.6 is 0 Å². The maximum atomic E-state index is 11.0. The van der Waals surface area contributed by atoms with Gasteiger partial charge >= 0.3 is 5.97 Å². The van der Waals surface area contributed by atoms with Gasteiger partial charge in [0.2, 0.25) is 0 Å². The minimum atomic E-state index is -0.773. The van der Waals surface area contributed by atoms with E-state index in [1.165, 1.54) is 32.1 Å². The van der Waals surface area contributed by atoms with Crippen LogP contribution in [0.5, 0.6) is 0 Å². The number of hydrogen-bond donors (Lipinski definition) is 1. The van der Waals surface area contributed by atoms with Crippen molar-refractivity contribution >= 4 is 5.97 Å². The summed E-state index contributed by atoms with van der Waals surface area (Å²) in [6, 6.07) is 0. The molecular formula is C16H28O2. The van der Waals surface area contributed by atoms with Crippen molar-refractivity contribution in [1.82, 2.24) is 0 Å². The van der Waals surface area contributed by atoms with E-state index in [0.717, 1.165) is 19.3 Å². The quantitative estimate of drug-likeness (QED) is 0.315. The Bertz CT molecular complexity index is 264. The summed E-state index contributed by atoms with van der Waals surface area (Å²) in [5.41, 5.74) is 0.540. The van der Waals surface area contributed by atoms with Crippen molar-refractivity contribution in [3.63, 3.8) is 0 Å². The van der Waals surface area contributed by atoms with Gasteiger partial charge in [-0.1, -0.05) is 64.2 Å². The van der Waals surface area contributed by atoms with E-state index in [0.29, 0.717) is 12.0 Å². The van der Waals surface area contributed by atoms with Gasteiger partial charge < -0.3 is 5.11 Å². The zero-order chi connectivity index (χ0) is 13.6. The van der Waals surface area contributed by atoms with Gasteiger partial charge in [0.25, 0.3) is 0 Å². The Morgan fingerprint density at radius 3 is 2.28 bits per heavy atom. The third-order valence-electron chi connectivity index (χ3n) is 2.98. The van der Waals surface area contributed by atoms with E-state index in [4.69, 9.17) is 5.11 Å². The molecule has 0 saturated carbocycles. The normalized spacial score (nSPS) is 12.2. The van der Waals surface area contributed by atoms with Gasteiger partial charge in [-0.15, -0.1) is 0 Å². The van der Waals surface area contributed by atoms with Crippen LogP contribution in [0.4, 0.5) is 0 Å². The number of carboxylic acid groups (broad SMARTS) is 1. The maximum absolute atomic E-state index is 11.0. The summed E-state index contributed by atoms with van der Waals surface area (Å²) in [7, 11) is 0. The minimum Gasteiger partial charge on any atom is -0.478 e. The molecule has 0 aliphatic carbocycles. The van der Waals surface area contributed by atoms with Gasteiger partial charge in [-0.05, 0) is 25.7 Å². The van der Waals surface area contributed by atoms with Crippen LogP contribution in [0.25, 0.3) is 0 Å². The van der Waals surface area contributed by atoms with Gasteiger partial charge in [0.05, 0.1) is 0 Å². The number of rotatable bonds is 11. The van der Waals surface area contributed by atoms with Crippen LogP contribution in [-0.4, -0.2) is 11.1 Å². The highest BCUT2D eigenvalue weighted by Gasteiger charge is 2.04. The molecule has 2 nitrogen and oxygen atoms in total. The van der Waals surface area contributed by atoms with E-state index < -0.39 is 5.97 Å². The summed E-state index contributed by atoms with van der Waals surface area (Å²) >= 11 is 0. The molecule has 0 heterocycles. The Kier molecular flexibility index (Phi) is 11.7. The first-order chi connectivity index (χ1) is 8.72. The van der Waals surface area contributed by atoms with Crippen LogP contribution in [0.2, 0.25) is 0 Å². The molecule has 0 atom stereocenters. The highest BCUT2D eigenvalue weighted by Crippen LogP contribution is 2.11. The lowest BCUT2D eigenvalue weighted by Crippen LogP contribution is -2.00. The van der Waals surface area contributed by atoms with Crippen molar-refractivity contribution in [2.45, 2.75) is 71.6 Å². The van der Waals surface area contributed by atoms with Crippen molar-refractivity contribution in [2.75, 3.05) is 0 Å². The van der Waals surface area contributed by atoms with E-state index in [1.807, 2.05) is 6.08 Å². The maximum Gasteiger partial charge on any atom is 0.331 e. The second-order valence-electron chi connectivity index (χ2n) is 4.73. The van der Waals surface area contributed by atoms with E-state index >= 15 is 0 Å². The number of carboxylic acids is 1. The molecule has 0 rings (SSSR count). The molecule has 0 radical (unpaired) electrons. The largest absolute Gasteiger partial charge is 0.478 e. The standard InChI is InChI=1S/C16H28O2/c1-3-5-7-9-10-12-14-15(16(17)18)13-11-8-6-4-2/h10,12,14H,3-9,11,13H2,1-2H3,(H,17,18)/b12-10-,15-14+. The third kappa shape index (κ3) is 10.1. The molecule has 0 aromatic rings. The van der Waals surface area contributed by atoms with Crippen molar-refractivity contribution < 1.29 is 9.90 Å². The summed E-state index contributed by atoms with van der Waals surface area (Å²) in [4.78, 5) is 11.0. The number of allylic oxidation sites excluding steroid dienone is 3. The summed E-state index contributed by atoms with van der Waals surface area (Å²) in [5, 5.41) is 9.07. The van der Waals surface area contributed by atoms with Crippen molar-refractivity contribution in [2.24, 2.45) is 0 Å². The zero-order valence-corrected chi connectivity index (χ0v) is 12.0. The molecule has 2 heteroatoms. The monoisotopic (exact) mass is 252 g/mol. The van der Waals surface area contributed by atoms with Crippen molar-refractivity contribution in [1.29, 1.82) is 0 Å².